The van der Waals surface area contributed by atoms with Gasteiger partial charge < -0.3 is 34.0 Å². The molecule has 0 radical (unpaired) electrons. The molecule has 0 spiro atoms. The Morgan fingerprint density at radius 2 is 1.84 bits per heavy atom. The second kappa shape index (κ2) is 13.9. The number of nitro groups is 1. The predicted octanol–water partition coefficient (Wildman–Crippen LogP) is 3.59. The highest BCUT2D eigenvalue weighted by molar-refractivity contribution is 5.95. The molecule has 44 heavy (non-hydrogen) atoms. The zero-order chi connectivity index (χ0) is 31.8. The number of nitro benzene ring substituents is 1. The highest BCUT2D eigenvalue weighted by atomic mass is 16.6. The number of esters is 1. The number of rotatable bonds is 12. The normalized spacial score (nSPS) is 14.5. The minimum Gasteiger partial charge on any atom is -0.496 e. The number of furan rings is 1. The van der Waals surface area contributed by atoms with Crippen LogP contribution in [0.3, 0.4) is 0 Å². The highest BCUT2D eigenvalue weighted by Gasteiger charge is 2.32. The molecule has 3 amide bonds. The number of allylic oxidation sites excluding steroid dienone is 1. The minimum absolute atomic E-state index is 0.127. The quantitative estimate of drug-likeness (QED) is 0.119. The summed E-state index contributed by atoms with van der Waals surface area (Å²) in [6, 6.07) is 10.8. The molecule has 2 heterocycles. The van der Waals surface area contributed by atoms with Crippen LogP contribution in [0.2, 0.25) is 0 Å². The SMILES string of the molecule is CCOC(=O)C1=C(C)NC(=O)N[C@H]1c1ccc(OCC(=O)N/N=C\c2ccc(-c3cc([N+](=O)[O-])ccc3OC)o2)c(OC)c1. The largest absolute Gasteiger partial charge is 0.496 e. The summed E-state index contributed by atoms with van der Waals surface area (Å²) < 4.78 is 27.1. The van der Waals surface area contributed by atoms with Gasteiger partial charge in [-0.15, -0.1) is 0 Å². The Bertz CT molecular complexity index is 1640. The average molecular weight is 608 g/mol. The molecule has 3 aromatic rings. The molecule has 0 unspecified atom stereocenters. The van der Waals surface area contributed by atoms with E-state index < -0.39 is 35.5 Å². The van der Waals surface area contributed by atoms with Gasteiger partial charge in [-0.05, 0) is 49.7 Å². The molecule has 2 aromatic carbocycles. The van der Waals surface area contributed by atoms with Crippen LogP contribution in [-0.4, -0.2) is 56.5 Å². The van der Waals surface area contributed by atoms with Gasteiger partial charge in [-0.3, -0.25) is 14.9 Å². The lowest BCUT2D eigenvalue weighted by Crippen LogP contribution is -2.45. The molecule has 1 atom stereocenters. The standard InChI is InChI=1S/C29H29N5O10/c1-5-42-28(36)26-16(2)31-29(37)32-27(26)17-6-9-23(24(12-17)41-4)43-15-25(35)33-30-14-19-8-11-22(44-19)20-13-18(34(38)39)7-10-21(20)40-3/h6-14,27H,5,15H2,1-4H3,(H,33,35)(H2,31,32,37)/b30-14-/t27-/m0/s1. The monoisotopic (exact) mass is 607 g/mol. The number of hydrogen-bond donors (Lipinski definition) is 3. The average Bonchev–Trinajstić information content (AvgIpc) is 3.48. The summed E-state index contributed by atoms with van der Waals surface area (Å²) in [4.78, 5) is 47.7. The summed E-state index contributed by atoms with van der Waals surface area (Å²) in [5.41, 5.74) is 3.70. The number of methoxy groups -OCH3 is 2. The molecule has 1 aliphatic rings. The predicted molar refractivity (Wildman–Crippen MR) is 155 cm³/mol. The van der Waals surface area contributed by atoms with Crippen LogP contribution in [0.5, 0.6) is 17.2 Å². The third-order valence-electron chi connectivity index (χ3n) is 6.31. The van der Waals surface area contributed by atoms with Crippen molar-refractivity contribution in [2.75, 3.05) is 27.4 Å². The molecule has 15 heteroatoms. The summed E-state index contributed by atoms with van der Waals surface area (Å²) in [5, 5.41) is 20.3. The fourth-order valence-corrected chi connectivity index (χ4v) is 4.32. The van der Waals surface area contributed by atoms with Crippen molar-refractivity contribution in [1.29, 1.82) is 0 Å². The van der Waals surface area contributed by atoms with Crippen LogP contribution >= 0.6 is 0 Å². The molecule has 0 bridgehead atoms. The van der Waals surface area contributed by atoms with Gasteiger partial charge in [0.15, 0.2) is 18.1 Å². The Morgan fingerprint density at radius 1 is 1.09 bits per heavy atom. The fraction of sp³-hybridized carbons (Fsp3) is 0.241. The van der Waals surface area contributed by atoms with Gasteiger partial charge in [0.1, 0.15) is 17.3 Å². The first kappa shape index (κ1) is 31.1. The second-order valence-corrected chi connectivity index (χ2v) is 9.13. The molecular weight excluding hydrogens is 578 g/mol. The van der Waals surface area contributed by atoms with Crippen molar-refractivity contribution in [3.8, 4) is 28.6 Å². The number of carbonyl (C=O) groups excluding carboxylic acids is 3. The second-order valence-electron chi connectivity index (χ2n) is 9.13. The third kappa shape index (κ3) is 7.13. The zero-order valence-corrected chi connectivity index (χ0v) is 24.2. The molecule has 0 aliphatic carbocycles. The number of non-ortho nitro benzene ring substituents is 1. The Hall–Kier alpha value is -5.86. The van der Waals surface area contributed by atoms with Crippen LogP contribution in [0, 0.1) is 10.1 Å². The number of hydrogen-bond acceptors (Lipinski definition) is 11. The van der Waals surface area contributed by atoms with E-state index in [4.69, 9.17) is 23.4 Å². The topological polar surface area (TPSA) is 193 Å². The molecule has 0 fully saturated rings. The summed E-state index contributed by atoms with van der Waals surface area (Å²) in [7, 11) is 2.84. The molecule has 4 rings (SSSR count). The lowest BCUT2D eigenvalue weighted by Gasteiger charge is -2.28. The van der Waals surface area contributed by atoms with Crippen molar-refractivity contribution in [1.82, 2.24) is 16.1 Å². The van der Waals surface area contributed by atoms with E-state index in [-0.39, 0.29) is 35.1 Å². The first-order valence-electron chi connectivity index (χ1n) is 13.2. The number of urea groups is 1. The van der Waals surface area contributed by atoms with Gasteiger partial charge in [0.2, 0.25) is 0 Å². The molecule has 230 valence electrons. The van der Waals surface area contributed by atoms with E-state index in [1.807, 2.05) is 0 Å². The van der Waals surface area contributed by atoms with Crippen molar-refractivity contribution < 1.29 is 42.7 Å². The number of nitrogens with zero attached hydrogens (tertiary/aromatic N) is 2. The summed E-state index contributed by atoms with van der Waals surface area (Å²) in [5.74, 6) is 0.281. The van der Waals surface area contributed by atoms with Crippen molar-refractivity contribution >= 4 is 29.8 Å². The summed E-state index contributed by atoms with van der Waals surface area (Å²) >= 11 is 0. The van der Waals surface area contributed by atoms with E-state index in [0.29, 0.717) is 28.3 Å². The van der Waals surface area contributed by atoms with Gasteiger partial charge in [0, 0.05) is 17.8 Å². The summed E-state index contributed by atoms with van der Waals surface area (Å²) in [6.07, 6.45) is 1.25. The van der Waals surface area contributed by atoms with Crippen LogP contribution in [0.4, 0.5) is 10.5 Å². The summed E-state index contributed by atoms with van der Waals surface area (Å²) in [6.45, 7) is 3.03. The van der Waals surface area contributed by atoms with Gasteiger partial charge in [0.25, 0.3) is 11.6 Å². The van der Waals surface area contributed by atoms with Crippen LogP contribution in [-0.2, 0) is 14.3 Å². The first-order valence-corrected chi connectivity index (χ1v) is 13.2. The van der Waals surface area contributed by atoms with Crippen LogP contribution in [0.1, 0.15) is 31.2 Å². The smallest absolute Gasteiger partial charge is 0.338 e. The van der Waals surface area contributed by atoms with E-state index in [2.05, 4.69) is 21.2 Å². The lowest BCUT2D eigenvalue weighted by molar-refractivity contribution is -0.384. The molecule has 1 aliphatic heterocycles. The van der Waals surface area contributed by atoms with Gasteiger partial charge in [-0.1, -0.05) is 6.07 Å². The third-order valence-corrected chi connectivity index (χ3v) is 6.31. The fourth-order valence-electron chi connectivity index (χ4n) is 4.32. The van der Waals surface area contributed by atoms with Crippen LogP contribution in [0.15, 0.2) is 69.3 Å². The van der Waals surface area contributed by atoms with Crippen LogP contribution < -0.4 is 30.3 Å². The van der Waals surface area contributed by atoms with E-state index in [0.717, 1.165) is 0 Å². The van der Waals surface area contributed by atoms with Crippen molar-refractivity contribution in [3.63, 3.8) is 0 Å². The number of nitrogens with one attached hydrogen (secondary N) is 3. The lowest BCUT2D eigenvalue weighted by atomic mass is 9.95. The van der Waals surface area contributed by atoms with Gasteiger partial charge in [-0.2, -0.15) is 5.10 Å². The molecule has 0 saturated heterocycles. The molecule has 0 saturated carbocycles. The van der Waals surface area contributed by atoms with E-state index in [1.54, 1.807) is 44.2 Å². The number of carbonyl (C=O) groups is 3. The van der Waals surface area contributed by atoms with E-state index in [1.165, 1.54) is 38.6 Å². The van der Waals surface area contributed by atoms with Crippen molar-refractivity contribution in [2.45, 2.75) is 19.9 Å². The molecule has 3 N–H and O–H groups in total. The number of ether oxygens (including phenoxy) is 4. The molecule has 1 aromatic heterocycles. The van der Waals surface area contributed by atoms with Gasteiger partial charge in [-0.25, -0.2) is 15.0 Å². The zero-order valence-electron chi connectivity index (χ0n) is 24.2. The minimum atomic E-state index is -0.802. The molecule has 15 nitrogen and oxygen atoms in total. The highest BCUT2D eigenvalue weighted by Crippen LogP contribution is 2.35. The Balaban J connectivity index is 1.39. The maximum atomic E-state index is 12.6. The maximum absolute atomic E-state index is 12.6. The first-order chi connectivity index (χ1) is 21.1. The Morgan fingerprint density at radius 3 is 2.55 bits per heavy atom. The Kier molecular flexibility index (Phi) is 9.80. The van der Waals surface area contributed by atoms with Gasteiger partial charge >= 0.3 is 12.0 Å². The molecular formula is C29H29N5O10. The maximum Gasteiger partial charge on any atom is 0.338 e. The number of amides is 3. The Labute approximate surface area is 250 Å². The van der Waals surface area contributed by atoms with E-state index in [9.17, 15) is 24.5 Å². The van der Waals surface area contributed by atoms with E-state index >= 15 is 0 Å². The van der Waals surface area contributed by atoms with Crippen molar-refractivity contribution in [2.24, 2.45) is 5.10 Å². The number of hydrazone groups is 1. The number of benzene rings is 2. The van der Waals surface area contributed by atoms with Crippen molar-refractivity contribution in [3.05, 3.63) is 81.2 Å². The van der Waals surface area contributed by atoms with Gasteiger partial charge in [0.05, 0.1) is 49.1 Å². The van der Waals surface area contributed by atoms with Crippen LogP contribution in [0.25, 0.3) is 11.3 Å².